The van der Waals surface area contributed by atoms with E-state index >= 15 is 0 Å². The lowest BCUT2D eigenvalue weighted by molar-refractivity contribution is 0.265. The van der Waals surface area contributed by atoms with E-state index < -0.39 is 0 Å². The number of thiophene rings is 1. The summed E-state index contributed by atoms with van der Waals surface area (Å²) in [7, 11) is 0. The molecule has 1 aliphatic heterocycles. The predicted molar refractivity (Wildman–Crippen MR) is 91.9 cm³/mol. The molecule has 2 rings (SSSR count). The van der Waals surface area contributed by atoms with Gasteiger partial charge in [0.15, 0.2) is 5.96 Å². The van der Waals surface area contributed by atoms with Gasteiger partial charge in [0.2, 0.25) is 0 Å². The van der Waals surface area contributed by atoms with E-state index in [2.05, 4.69) is 60.1 Å². The molecule has 2 N–H and O–H groups in total. The van der Waals surface area contributed by atoms with E-state index in [1.165, 1.54) is 12.1 Å². The minimum absolute atomic E-state index is 0.479. The second-order valence-corrected chi connectivity index (χ2v) is 6.88. The first-order valence-electron chi connectivity index (χ1n) is 7.90. The average Bonchev–Trinajstić information content (AvgIpc) is 3.07. The van der Waals surface area contributed by atoms with Gasteiger partial charge in [-0.2, -0.15) is 11.3 Å². The quantitative estimate of drug-likeness (QED) is 0.648. The van der Waals surface area contributed by atoms with E-state index in [1.807, 2.05) is 0 Å². The Hall–Kier alpha value is -1.07. The maximum atomic E-state index is 4.71. The van der Waals surface area contributed by atoms with Crippen LogP contribution in [0.5, 0.6) is 0 Å². The van der Waals surface area contributed by atoms with Crippen LogP contribution in [-0.2, 0) is 6.54 Å². The maximum absolute atomic E-state index is 4.71. The average molecular weight is 308 g/mol. The van der Waals surface area contributed by atoms with Crippen molar-refractivity contribution in [1.29, 1.82) is 0 Å². The molecule has 0 saturated carbocycles. The van der Waals surface area contributed by atoms with Crippen molar-refractivity contribution in [2.75, 3.05) is 19.6 Å². The Kier molecular flexibility index (Phi) is 6.06. The maximum Gasteiger partial charge on any atom is 0.191 e. The Bertz CT molecular complexity index is 441. The Morgan fingerprint density at radius 3 is 2.86 bits per heavy atom. The molecule has 1 saturated heterocycles. The first-order valence-corrected chi connectivity index (χ1v) is 8.84. The van der Waals surface area contributed by atoms with E-state index in [4.69, 9.17) is 4.99 Å². The molecule has 21 heavy (non-hydrogen) atoms. The number of nitrogens with one attached hydrogen (secondary N) is 2. The molecule has 0 bridgehead atoms. The van der Waals surface area contributed by atoms with Crippen LogP contribution in [0.2, 0.25) is 0 Å². The Labute approximate surface area is 132 Å². The molecule has 2 heterocycles. The minimum Gasteiger partial charge on any atom is -0.357 e. The number of aliphatic imine (C=N–C) groups is 1. The van der Waals surface area contributed by atoms with Crippen LogP contribution in [0.15, 0.2) is 21.8 Å². The summed E-state index contributed by atoms with van der Waals surface area (Å²) in [6.45, 7) is 12.9. The van der Waals surface area contributed by atoms with Crippen LogP contribution in [0, 0.1) is 5.92 Å². The summed E-state index contributed by atoms with van der Waals surface area (Å²) in [5.41, 5.74) is 1.28. The van der Waals surface area contributed by atoms with Crippen molar-refractivity contribution < 1.29 is 0 Å². The van der Waals surface area contributed by atoms with Crippen molar-refractivity contribution in [3.8, 4) is 0 Å². The summed E-state index contributed by atoms with van der Waals surface area (Å²) in [5, 5.41) is 11.2. The summed E-state index contributed by atoms with van der Waals surface area (Å²) in [6.07, 6.45) is 0. The molecule has 118 valence electrons. The van der Waals surface area contributed by atoms with Crippen LogP contribution in [0.25, 0.3) is 0 Å². The second-order valence-electron chi connectivity index (χ2n) is 6.10. The zero-order valence-corrected chi connectivity index (χ0v) is 14.4. The van der Waals surface area contributed by atoms with Crippen LogP contribution in [-0.4, -0.2) is 42.6 Å². The molecule has 1 aromatic heterocycles. The normalized spacial score (nSPS) is 23.8. The third-order valence-electron chi connectivity index (χ3n) is 4.04. The highest BCUT2D eigenvalue weighted by atomic mass is 32.1. The van der Waals surface area contributed by atoms with Crippen molar-refractivity contribution in [3.63, 3.8) is 0 Å². The molecule has 0 aliphatic carbocycles. The first-order chi connectivity index (χ1) is 10.1. The predicted octanol–water partition coefficient (Wildman–Crippen LogP) is 2.53. The second kappa shape index (κ2) is 7.80. The molecule has 2 atom stereocenters. The molecular weight excluding hydrogens is 280 g/mol. The summed E-state index contributed by atoms with van der Waals surface area (Å²) < 4.78 is 0. The Morgan fingerprint density at radius 2 is 2.29 bits per heavy atom. The van der Waals surface area contributed by atoms with Gasteiger partial charge in [-0.3, -0.25) is 4.90 Å². The molecule has 1 fully saturated rings. The third kappa shape index (κ3) is 4.71. The molecule has 1 aromatic rings. The van der Waals surface area contributed by atoms with Gasteiger partial charge in [-0.05, 0) is 49.1 Å². The van der Waals surface area contributed by atoms with E-state index in [-0.39, 0.29) is 0 Å². The fraction of sp³-hybridized carbons (Fsp3) is 0.688. The molecule has 0 radical (unpaired) electrons. The highest BCUT2D eigenvalue weighted by molar-refractivity contribution is 7.07. The van der Waals surface area contributed by atoms with Gasteiger partial charge in [0, 0.05) is 31.7 Å². The number of likely N-dealkylation sites (tertiary alicyclic amines) is 1. The smallest absolute Gasteiger partial charge is 0.191 e. The van der Waals surface area contributed by atoms with E-state index in [0.29, 0.717) is 18.0 Å². The highest BCUT2D eigenvalue weighted by Gasteiger charge is 2.31. The van der Waals surface area contributed by atoms with Crippen molar-refractivity contribution >= 4 is 17.3 Å². The van der Waals surface area contributed by atoms with E-state index in [9.17, 15) is 0 Å². The molecule has 0 aromatic carbocycles. The van der Waals surface area contributed by atoms with Gasteiger partial charge in [0.25, 0.3) is 0 Å². The number of rotatable bonds is 5. The van der Waals surface area contributed by atoms with Crippen LogP contribution in [0.4, 0.5) is 0 Å². The van der Waals surface area contributed by atoms with Gasteiger partial charge >= 0.3 is 0 Å². The lowest BCUT2D eigenvalue weighted by Crippen LogP contribution is -2.46. The standard InChI is InChI=1S/C16H28N4S/c1-5-17-16(18-8-14-6-7-21-11-14)19-15-10-20(12(2)3)9-13(15)4/h6-7,11-13,15H,5,8-10H2,1-4H3,(H2,17,18,19). The number of hydrogen-bond donors (Lipinski definition) is 2. The van der Waals surface area contributed by atoms with E-state index in [1.54, 1.807) is 11.3 Å². The van der Waals surface area contributed by atoms with Gasteiger partial charge in [0.05, 0.1) is 6.54 Å². The topological polar surface area (TPSA) is 39.7 Å². The number of guanidine groups is 1. The molecule has 1 aliphatic rings. The van der Waals surface area contributed by atoms with Gasteiger partial charge < -0.3 is 10.6 Å². The lowest BCUT2D eigenvalue weighted by Gasteiger charge is -2.21. The fourth-order valence-corrected chi connectivity index (χ4v) is 3.32. The van der Waals surface area contributed by atoms with Crippen molar-refractivity contribution in [2.45, 2.75) is 46.3 Å². The summed E-state index contributed by atoms with van der Waals surface area (Å²) in [5.74, 6) is 1.59. The lowest BCUT2D eigenvalue weighted by atomic mass is 10.1. The minimum atomic E-state index is 0.479. The first kappa shape index (κ1) is 16.3. The molecule has 0 amide bonds. The zero-order valence-electron chi connectivity index (χ0n) is 13.6. The third-order valence-corrected chi connectivity index (χ3v) is 4.77. The number of nitrogens with zero attached hydrogens (tertiary/aromatic N) is 2. The zero-order chi connectivity index (χ0) is 15.2. The highest BCUT2D eigenvalue weighted by Crippen LogP contribution is 2.18. The summed E-state index contributed by atoms with van der Waals surface area (Å²) in [4.78, 5) is 7.24. The number of hydrogen-bond acceptors (Lipinski definition) is 3. The molecule has 2 unspecified atom stereocenters. The summed E-state index contributed by atoms with van der Waals surface area (Å²) >= 11 is 1.72. The monoisotopic (exact) mass is 308 g/mol. The van der Waals surface area contributed by atoms with Crippen LogP contribution >= 0.6 is 11.3 Å². The molecule has 4 nitrogen and oxygen atoms in total. The van der Waals surface area contributed by atoms with Gasteiger partial charge in [-0.25, -0.2) is 4.99 Å². The van der Waals surface area contributed by atoms with E-state index in [0.717, 1.165) is 25.6 Å². The van der Waals surface area contributed by atoms with Gasteiger partial charge in [-0.1, -0.05) is 6.92 Å². The largest absolute Gasteiger partial charge is 0.357 e. The van der Waals surface area contributed by atoms with Crippen LogP contribution < -0.4 is 10.6 Å². The Balaban J connectivity index is 1.94. The Morgan fingerprint density at radius 1 is 1.48 bits per heavy atom. The molecule has 5 heteroatoms. The summed E-state index contributed by atoms with van der Waals surface area (Å²) in [6, 6.07) is 3.23. The van der Waals surface area contributed by atoms with Crippen molar-refractivity contribution in [1.82, 2.24) is 15.5 Å². The van der Waals surface area contributed by atoms with Gasteiger partial charge in [0.1, 0.15) is 0 Å². The van der Waals surface area contributed by atoms with Gasteiger partial charge in [-0.15, -0.1) is 0 Å². The van der Waals surface area contributed by atoms with Crippen molar-refractivity contribution in [2.24, 2.45) is 10.9 Å². The SMILES string of the molecule is CCNC(=NCc1ccsc1)NC1CN(C(C)C)CC1C. The molecule has 0 spiro atoms. The van der Waals surface area contributed by atoms with Crippen molar-refractivity contribution in [3.05, 3.63) is 22.4 Å². The van der Waals surface area contributed by atoms with Crippen LogP contribution in [0.3, 0.4) is 0 Å². The fourth-order valence-electron chi connectivity index (χ4n) is 2.66. The molecular formula is C16H28N4S. The van der Waals surface area contributed by atoms with Crippen LogP contribution in [0.1, 0.15) is 33.3 Å².